The third-order valence-corrected chi connectivity index (χ3v) is 2.98. The van der Waals surface area contributed by atoms with Crippen molar-refractivity contribution in [3.05, 3.63) is 29.8 Å². The van der Waals surface area contributed by atoms with Gasteiger partial charge in [0, 0.05) is 11.7 Å². The van der Waals surface area contributed by atoms with Gasteiger partial charge in [0.25, 0.3) is 0 Å². The van der Waals surface area contributed by atoms with Gasteiger partial charge >= 0.3 is 6.03 Å². The lowest BCUT2D eigenvalue weighted by molar-refractivity contribution is -0.118. The molecule has 1 aromatic rings. The molecule has 1 aliphatic carbocycles. The van der Waals surface area contributed by atoms with Crippen LogP contribution in [0.4, 0.5) is 10.5 Å². The van der Waals surface area contributed by atoms with Crippen LogP contribution < -0.4 is 16.0 Å². The molecule has 0 saturated heterocycles. The molecule has 0 heterocycles. The summed E-state index contributed by atoms with van der Waals surface area (Å²) in [5, 5.41) is 7.97. The average molecular weight is 261 g/mol. The van der Waals surface area contributed by atoms with E-state index in [4.69, 9.17) is 0 Å². The van der Waals surface area contributed by atoms with Crippen LogP contribution in [0.3, 0.4) is 0 Å². The summed E-state index contributed by atoms with van der Waals surface area (Å²) in [7, 11) is 0. The molecule has 0 aromatic heterocycles. The molecule has 5 heteroatoms. The van der Waals surface area contributed by atoms with Crippen molar-refractivity contribution in [2.24, 2.45) is 0 Å². The van der Waals surface area contributed by atoms with E-state index in [1.807, 2.05) is 24.3 Å². The number of urea groups is 1. The van der Waals surface area contributed by atoms with Crippen LogP contribution in [0.25, 0.3) is 0 Å². The highest BCUT2D eigenvalue weighted by Crippen LogP contribution is 2.18. The Morgan fingerprint density at radius 3 is 2.47 bits per heavy atom. The fourth-order valence-electron chi connectivity index (χ4n) is 1.66. The normalized spacial score (nSPS) is 13.7. The van der Waals surface area contributed by atoms with Crippen molar-refractivity contribution in [1.29, 1.82) is 0 Å². The first kappa shape index (κ1) is 13.4. The molecule has 1 aliphatic rings. The zero-order valence-corrected chi connectivity index (χ0v) is 11.0. The first-order valence-corrected chi connectivity index (χ1v) is 6.60. The Balaban J connectivity index is 1.71. The molecule has 0 atom stereocenters. The summed E-state index contributed by atoms with van der Waals surface area (Å²) in [5.41, 5.74) is 2.12. The Labute approximate surface area is 112 Å². The second-order valence-corrected chi connectivity index (χ2v) is 4.70. The van der Waals surface area contributed by atoms with Gasteiger partial charge in [0.15, 0.2) is 0 Å². The minimum Gasteiger partial charge on any atom is -0.376 e. The summed E-state index contributed by atoms with van der Waals surface area (Å²) in [6.45, 7) is 2.18. The van der Waals surface area contributed by atoms with Gasteiger partial charge in [-0.3, -0.25) is 10.1 Å². The van der Waals surface area contributed by atoms with E-state index in [0.717, 1.165) is 24.9 Å². The van der Waals surface area contributed by atoms with Gasteiger partial charge in [-0.15, -0.1) is 0 Å². The molecular formula is C14H19N3O2. The van der Waals surface area contributed by atoms with Crippen LogP contribution in [0.15, 0.2) is 24.3 Å². The summed E-state index contributed by atoms with van der Waals surface area (Å²) in [4.78, 5) is 22.8. The Bertz CT molecular complexity index is 452. The molecule has 1 fully saturated rings. The number of hydrogen-bond acceptors (Lipinski definition) is 3. The Morgan fingerprint density at radius 1 is 1.21 bits per heavy atom. The summed E-state index contributed by atoms with van der Waals surface area (Å²) < 4.78 is 0. The molecule has 3 N–H and O–H groups in total. The third kappa shape index (κ3) is 4.62. The molecule has 0 bridgehead atoms. The maximum atomic E-state index is 11.5. The maximum Gasteiger partial charge on any atom is 0.321 e. The number of anilines is 1. The lowest BCUT2D eigenvalue weighted by Crippen LogP contribution is -2.42. The van der Waals surface area contributed by atoms with Crippen molar-refractivity contribution >= 4 is 17.6 Å². The quantitative estimate of drug-likeness (QED) is 0.754. The fraction of sp³-hybridized carbons (Fsp3) is 0.429. The van der Waals surface area contributed by atoms with Crippen LogP contribution >= 0.6 is 0 Å². The Morgan fingerprint density at radius 2 is 1.89 bits per heavy atom. The zero-order valence-electron chi connectivity index (χ0n) is 11.0. The molecule has 1 saturated carbocycles. The molecule has 2 rings (SSSR count). The van der Waals surface area contributed by atoms with Gasteiger partial charge in [-0.1, -0.05) is 19.1 Å². The van der Waals surface area contributed by atoms with E-state index in [9.17, 15) is 9.59 Å². The molecule has 3 amide bonds. The second-order valence-electron chi connectivity index (χ2n) is 4.70. The number of rotatable bonds is 5. The number of amides is 3. The van der Waals surface area contributed by atoms with E-state index in [0.29, 0.717) is 0 Å². The van der Waals surface area contributed by atoms with Gasteiger partial charge in [-0.25, -0.2) is 4.79 Å². The monoisotopic (exact) mass is 261 g/mol. The summed E-state index contributed by atoms with van der Waals surface area (Å²) in [6, 6.07) is 7.73. The summed E-state index contributed by atoms with van der Waals surface area (Å²) in [6.07, 6.45) is 3.00. The molecule has 1 aromatic carbocycles. The number of nitrogens with one attached hydrogen (secondary N) is 3. The topological polar surface area (TPSA) is 70.2 Å². The fourth-order valence-corrected chi connectivity index (χ4v) is 1.66. The highest BCUT2D eigenvalue weighted by atomic mass is 16.2. The van der Waals surface area contributed by atoms with Gasteiger partial charge < -0.3 is 10.6 Å². The van der Waals surface area contributed by atoms with Gasteiger partial charge in [0.05, 0.1) is 6.54 Å². The van der Waals surface area contributed by atoms with Gasteiger partial charge in [-0.05, 0) is 37.0 Å². The number of hydrogen-bond donors (Lipinski definition) is 3. The van der Waals surface area contributed by atoms with Crippen LogP contribution in [0.1, 0.15) is 25.3 Å². The number of aryl methyl sites for hydroxylation is 1. The minimum atomic E-state index is -0.407. The van der Waals surface area contributed by atoms with E-state index in [1.165, 1.54) is 5.56 Å². The predicted molar refractivity (Wildman–Crippen MR) is 74.0 cm³/mol. The number of carbonyl (C=O) groups excluding carboxylic acids is 2. The van der Waals surface area contributed by atoms with Crippen molar-refractivity contribution in [2.75, 3.05) is 11.9 Å². The molecule has 0 unspecified atom stereocenters. The molecule has 102 valence electrons. The van der Waals surface area contributed by atoms with E-state index in [1.54, 1.807) is 0 Å². The van der Waals surface area contributed by atoms with Gasteiger partial charge in [0.2, 0.25) is 5.91 Å². The number of benzene rings is 1. The zero-order chi connectivity index (χ0) is 13.7. The van der Waals surface area contributed by atoms with E-state index >= 15 is 0 Å². The third-order valence-electron chi connectivity index (χ3n) is 2.98. The van der Waals surface area contributed by atoms with Crippen LogP contribution in [0.2, 0.25) is 0 Å². The molecule has 0 radical (unpaired) electrons. The Hall–Kier alpha value is -2.04. The van der Waals surface area contributed by atoms with Crippen molar-refractivity contribution in [3.8, 4) is 0 Å². The standard InChI is InChI=1S/C14H19N3O2/c1-2-10-3-5-11(6-4-10)15-9-13(18)17-14(19)16-12-7-8-12/h3-6,12,15H,2,7-9H2,1H3,(H2,16,17,18,19). The summed E-state index contributed by atoms with van der Waals surface area (Å²) >= 11 is 0. The molecule has 0 aliphatic heterocycles. The van der Waals surface area contributed by atoms with E-state index < -0.39 is 6.03 Å². The SMILES string of the molecule is CCc1ccc(NCC(=O)NC(=O)NC2CC2)cc1. The lowest BCUT2D eigenvalue weighted by Gasteiger charge is -2.08. The average Bonchev–Trinajstić information content (AvgIpc) is 3.20. The van der Waals surface area contributed by atoms with Crippen molar-refractivity contribution in [2.45, 2.75) is 32.2 Å². The molecular weight excluding hydrogens is 242 g/mol. The number of imide groups is 1. The molecule has 19 heavy (non-hydrogen) atoms. The van der Waals surface area contributed by atoms with Crippen LogP contribution in [-0.4, -0.2) is 24.5 Å². The van der Waals surface area contributed by atoms with Gasteiger partial charge in [-0.2, -0.15) is 0 Å². The van der Waals surface area contributed by atoms with Crippen molar-refractivity contribution in [1.82, 2.24) is 10.6 Å². The highest BCUT2D eigenvalue weighted by Gasteiger charge is 2.23. The molecule has 0 spiro atoms. The minimum absolute atomic E-state index is 0.0869. The molecule has 5 nitrogen and oxygen atoms in total. The van der Waals surface area contributed by atoms with E-state index in [-0.39, 0.29) is 18.5 Å². The second kappa shape index (κ2) is 6.22. The van der Waals surface area contributed by atoms with Crippen LogP contribution in [0, 0.1) is 0 Å². The number of carbonyl (C=O) groups is 2. The van der Waals surface area contributed by atoms with Crippen molar-refractivity contribution < 1.29 is 9.59 Å². The van der Waals surface area contributed by atoms with Crippen LogP contribution in [0.5, 0.6) is 0 Å². The first-order valence-electron chi connectivity index (χ1n) is 6.60. The first-order chi connectivity index (χ1) is 9.17. The van der Waals surface area contributed by atoms with Crippen molar-refractivity contribution in [3.63, 3.8) is 0 Å². The van der Waals surface area contributed by atoms with E-state index in [2.05, 4.69) is 22.9 Å². The smallest absolute Gasteiger partial charge is 0.321 e. The predicted octanol–water partition coefficient (Wildman–Crippen LogP) is 1.65. The highest BCUT2D eigenvalue weighted by molar-refractivity contribution is 5.96. The van der Waals surface area contributed by atoms with Crippen LogP contribution in [-0.2, 0) is 11.2 Å². The largest absolute Gasteiger partial charge is 0.376 e. The Kier molecular flexibility index (Phi) is 4.39. The lowest BCUT2D eigenvalue weighted by atomic mass is 10.1. The van der Waals surface area contributed by atoms with Gasteiger partial charge in [0.1, 0.15) is 0 Å². The summed E-state index contributed by atoms with van der Waals surface area (Å²) in [5.74, 6) is -0.335. The maximum absolute atomic E-state index is 11.5.